The summed E-state index contributed by atoms with van der Waals surface area (Å²) in [6.07, 6.45) is 1.76. The fraction of sp³-hybridized carbons (Fsp3) is 0.417. The third-order valence-electron chi connectivity index (χ3n) is 2.42. The van der Waals surface area contributed by atoms with Gasteiger partial charge in [-0.2, -0.15) is 0 Å². The Morgan fingerprint density at radius 3 is 2.61 bits per heavy atom. The van der Waals surface area contributed by atoms with Crippen molar-refractivity contribution in [1.82, 2.24) is 0 Å². The Morgan fingerprint density at radius 2 is 2.00 bits per heavy atom. The lowest BCUT2D eigenvalue weighted by Gasteiger charge is -2.02. The molecule has 6 heteroatoms. The first-order valence-corrected chi connectivity index (χ1v) is 6.95. The molecule has 5 nitrogen and oxygen atoms in total. The highest BCUT2D eigenvalue weighted by Gasteiger charge is 2.17. The number of nitrogens with zero attached hydrogens (tertiary/aromatic N) is 1. The van der Waals surface area contributed by atoms with E-state index in [-0.39, 0.29) is 16.4 Å². The topological polar surface area (TPSA) is 77.3 Å². The molecule has 0 saturated heterocycles. The number of Topliss-reactive ketones (excluding diaryl/α,β-unsaturated/α-hetero) is 1. The molecule has 1 aromatic rings. The standard InChI is InChI=1S/C12H15NO4S/c1-10(14)6-4-5-9-18(17)12-8-3-2-7-11(12)13(15)16/h2-3,7-8H,4-6,9H2,1H3. The van der Waals surface area contributed by atoms with Gasteiger partial charge in [0.2, 0.25) is 0 Å². The monoisotopic (exact) mass is 269 g/mol. The molecule has 1 rings (SSSR count). The summed E-state index contributed by atoms with van der Waals surface area (Å²) >= 11 is 0. The van der Waals surface area contributed by atoms with E-state index in [1.807, 2.05) is 0 Å². The van der Waals surface area contributed by atoms with E-state index in [9.17, 15) is 19.1 Å². The van der Waals surface area contributed by atoms with Gasteiger partial charge >= 0.3 is 0 Å². The van der Waals surface area contributed by atoms with Crippen LogP contribution in [-0.4, -0.2) is 20.7 Å². The van der Waals surface area contributed by atoms with Gasteiger partial charge in [0.25, 0.3) is 5.69 Å². The summed E-state index contributed by atoms with van der Waals surface area (Å²) in [7, 11) is -1.38. The van der Waals surface area contributed by atoms with Crippen molar-refractivity contribution in [1.29, 1.82) is 0 Å². The normalized spacial score (nSPS) is 12.1. The van der Waals surface area contributed by atoms with Gasteiger partial charge in [0.1, 0.15) is 10.7 Å². The number of para-hydroxylation sites is 1. The maximum atomic E-state index is 11.9. The molecular formula is C12H15NO4S. The largest absolute Gasteiger partial charge is 0.300 e. The van der Waals surface area contributed by atoms with E-state index in [4.69, 9.17) is 0 Å². The van der Waals surface area contributed by atoms with Gasteiger partial charge in [0.05, 0.1) is 15.7 Å². The maximum absolute atomic E-state index is 11.9. The SMILES string of the molecule is CC(=O)CCCCS(=O)c1ccccc1[N+](=O)[O-]. The predicted octanol–water partition coefficient (Wildman–Crippen LogP) is 2.46. The van der Waals surface area contributed by atoms with Crippen LogP contribution in [0.4, 0.5) is 5.69 Å². The molecule has 0 aliphatic rings. The van der Waals surface area contributed by atoms with Crippen molar-refractivity contribution >= 4 is 22.3 Å². The van der Waals surface area contributed by atoms with E-state index in [0.717, 1.165) is 0 Å². The van der Waals surface area contributed by atoms with Crippen molar-refractivity contribution in [3.63, 3.8) is 0 Å². The molecule has 0 radical (unpaired) electrons. The van der Waals surface area contributed by atoms with Crippen LogP contribution in [0.3, 0.4) is 0 Å². The molecule has 0 saturated carbocycles. The molecule has 0 amide bonds. The summed E-state index contributed by atoms with van der Waals surface area (Å²) in [5.41, 5.74) is -0.109. The molecular weight excluding hydrogens is 254 g/mol. The molecule has 98 valence electrons. The summed E-state index contributed by atoms with van der Waals surface area (Å²) in [5, 5.41) is 10.8. The van der Waals surface area contributed by atoms with Crippen molar-refractivity contribution in [2.45, 2.75) is 31.1 Å². The Balaban J connectivity index is 2.61. The van der Waals surface area contributed by atoms with Crippen LogP contribution in [0, 0.1) is 10.1 Å². The van der Waals surface area contributed by atoms with Crippen molar-refractivity contribution in [3.8, 4) is 0 Å². The minimum absolute atomic E-state index is 0.103. The van der Waals surface area contributed by atoms with Crippen LogP contribution in [-0.2, 0) is 15.6 Å². The number of ketones is 1. The number of nitro groups is 1. The number of carbonyl (C=O) groups is 1. The first-order chi connectivity index (χ1) is 8.52. The van der Waals surface area contributed by atoms with Crippen LogP contribution in [0.1, 0.15) is 26.2 Å². The molecule has 0 fully saturated rings. The number of hydrogen-bond donors (Lipinski definition) is 0. The maximum Gasteiger partial charge on any atom is 0.285 e. The molecule has 1 atom stereocenters. The lowest BCUT2D eigenvalue weighted by atomic mass is 10.2. The zero-order chi connectivity index (χ0) is 13.5. The predicted molar refractivity (Wildman–Crippen MR) is 68.9 cm³/mol. The van der Waals surface area contributed by atoms with Crippen molar-refractivity contribution in [3.05, 3.63) is 34.4 Å². The van der Waals surface area contributed by atoms with E-state index in [1.54, 1.807) is 12.1 Å². The van der Waals surface area contributed by atoms with E-state index in [0.29, 0.717) is 25.0 Å². The molecule has 0 spiro atoms. The number of hydrogen-bond acceptors (Lipinski definition) is 4. The minimum atomic E-state index is -1.38. The van der Waals surface area contributed by atoms with Crippen molar-refractivity contribution in [2.24, 2.45) is 0 Å². The Kier molecular flexibility index (Phi) is 5.64. The number of benzene rings is 1. The second-order valence-electron chi connectivity index (χ2n) is 3.93. The number of carbonyl (C=O) groups excluding carboxylic acids is 1. The fourth-order valence-corrected chi connectivity index (χ4v) is 2.81. The number of nitro benzene ring substituents is 1. The van der Waals surface area contributed by atoms with Gasteiger partial charge in [-0.05, 0) is 25.8 Å². The Labute approximate surface area is 108 Å². The van der Waals surface area contributed by atoms with Crippen molar-refractivity contribution < 1.29 is 13.9 Å². The van der Waals surface area contributed by atoms with Crippen LogP contribution in [0.15, 0.2) is 29.2 Å². The lowest BCUT2D eigenvalue weighted by molar-refractivity contribution is -0.387. The molecule has 0 N–H and O–H groups in total. The second kappa shape index (κ2) is 7.00. The third kappa shape index (κ3) is 4.37. The zero-order valence-corrected chi connectivity index (χ0v) is 10.9. The van der Waals surface area contributed by atoms with E-state index >= 15 is 0 Å². The summed E-state index contributed by atoms with van der Waals surface area (Å²) in [5.74, 6) is 0.449. The van der Waals surface area contributed by atoms with Crippen LogP contribution in [0.5, 0.6) is 0 Å². The number of unbranched alkanes of at least 4 members (excludes halogenated alkanes) is 1. The molecule has 1 unspecified atom stereocenters. The highest BCUT2D eigenvalue weighted by atomic mass is 32.2. The van der Waals surface area contributed by atoms with Crippen LogP contribution >= 0.6 is 0 Å². The second-order valence-corrected chi connectivity index (χ2v) is 5.47. The minimum Gasteiger partial charge on any atom is -0.300 e. The molecule has 0 bridgehead atoms. The molecule has 0 aromatic heterocycles. The Bertz CT molecular complexity index is 473. The van der Waals surface area contributed by atoms with Gasteiger partial charge in [-0.1, -0.05) is 12.1 Å². The quantitative estimate of drug-likeness (QED) is 0.433. The Hall–Kier alpha value is -1.56. The van der Waals surface area contributed by atoms with Crippen LogP contribution < -0.4 is 0 Å². The van der Waals surface area contributed by atoms with E-state index in [1.165, 1.54) is 19.1 Å². The van der Waals surface area contributed by atoms with Crippen LogP contribution in [0.2, 0.25) is 0 Å². The van der Waals surface area contributed by atoms with Gasteiger partial charge in [0, 0.05) is 18.2 Å². The first-order valence-electron chi connectivity index (χ1n) is 5.63. The van der Waals surface area contributed by atoms with Crippen molar-refractivity contribution in [2.75, 3.05) is 5.75 Å². The summed E-state index contributed by atoms with van der Waals surface area (Å²) in [6.45, 7) is 1.51. The highest BCUT2D eigenvalue weighted by Crippen LogP contribution is 2.22. The molecule has 0 heterocycles. The summed E-state index contributed by atoms with van der Waals surface area (Å²) < 4.78 is 11.9. The van der Waals surface area contributed by atoms with Gasteiger partial charge in [-0.25, -0.2) is 0 Å². The average molecular weight is 269 g/mol. The summed E-state index contributed by atoms with van der Waals surface area (Å²) in [4.78, 5) is 21.2. The smallest absolute Gasteiger partial charge is 0.285 e. The van der Waals surface area contributed by atoms with Gasteiger partial charge in [0.15, 0.2) is 0 Å². The molecule has 0 aliphatic carbocycles. The van der Waals surface area contributed by atoms with Crippen LogP contribution in [0.25, 0.3) is 0 Å². The highest BCUT2D eigenvalue weighted by molar-refractivity contribution is 7.85. The summed E-state index contributed by atoms with van der Waals surface area (Å²) in [6, 6.07) is 6.05. The van der Waals surface area contributed by atoms with Gasteiger partial charge in [-0.3, -0.25) is 14.3 Å². The lowest BCUT2D eigenvalue weighted by Crippen LogP contribution is -2.03. The first kappa shape index (κ1) is 14.5. The van der Waals surface area contributed by atoms with E-state index in [2.05, 4.69) is 0 Å². The molecule has 18 heavy (non-hydrogen) atoms. The third-order valence-corrected chi connectivity index (χ3v) is 3.91. The zero-order valence-electron chi connectivity index (χ0n) is 10.1. The average Bonchev–Trinajstić information content (AvgIpc) is 2.34. The fourth-order valence-electron chi connectivity index (χ4n) is 1.52. The molecule has 1 aromatic carbocycles. The Morgan fingerprint density at radius 1 is 1.33 bits per heavy atom. The van der Waals surface area contributed by atoms with E-state index < -0.39 is 15.7 Å². The van der Waals surface area contributed by atoms with Gasteiger partial charge in [-0.15, -0.1) is 0 Å². The molecule has 0 aliphatic heterocycles. The van der Waals surface area contributed by atoms with Gasteiger partial charge < -0.3 is 4.79 Å². The number of rotatable bonds is 7.